The van der Waals surface area contributed by atoms with Crippen LogP contribution in [0.15, 0.2) is 23.7 Å². The molecule has 0 bridgehead atoms. The maximum absolute atomic E-state index is 5.81. The first-order chi connectivity index (χ1) is 7.84. The summed E-state index contributed by atoms with van der Waals surface area (Å²) >= 11 is 1.66. The number of thiazole rings is 1. The molecule has 1 fully saturated rings. The van der Waals surface area contributed by atoms with Crippen LogP contribution < -0.4 is 5.73 Å². The summed E-state index contributed by atoms with van der Waals surface area (Å²) in [6.07, 6.45) is 1.90. The number of aromatic amines is 1. The molecule has 0 atom stereocenters. The summed E-state index contributed by atoms with van der Waals surface area (Å²) < 4.78 is 5.26. The van der Waals surface area contributed by atoms with E-state index in [1.165, 1.54) is 0 Å². The van der Waals surface area contributed by atoms with E-state index in [9.17, 15) is 0 Å². The van der Waals surface area contributed by atoms with Gasteiger partial charge in [0.1, 0.15) is 5.01 Å². The Labute approximate surface area is 97.5 Å². The zero-order valence-corrected chi connectivity index (χ0v) is 9.59. The van der Waals surface area contributed by atoms with Crippen LogP contribution in [0.5, 0.6) is 0 Å². The summed E-state index contributed by atoms with van der Waals surface area (Å²) in [6, 6.07) is 3.99. The summed E-state index contributed by atoms with van der Waals surface area (Å²) in [4.78, 5) is 7.80. The molecule has 3 heterocycles. The number of aromatic nitrogens is 2. The van der Waals surface area contributed by atoms with Crippen molar-refractivity contribution in [2.45, 2.75) is 5.41 Å². The first-order valence-electron chi connectivity index (χ1n) is 5.22. The van der Waals surface area contributed by atoms with Gasteiger partial charge in [-0.15, -0.1) is 11.3 Å². The number of H-pyrrole nitrogens is 1. The van der Waals surface area contributed by atoms with Gasteiger partial charge in [-0.05, 0) is 12.1 Å². The van der Waals surface area contributed by atoms with Crippen LogP contribution >= 0.6 is 11.3 Å². The van der Waals surface area contributed by atoms with E-state index in [1.807, 2.05) is 18.3 Å². The van der Waals surface area contributed by atoms with Crippen molar-refractivity contribution in [2.75, 3.05) is 19.8 Å². The lowest BCUT2D eigenvalue weighted by Crippen LogP contribution is -2.52. The van der Waals surface area contributed by atoms with Crippen molar-refractivity contribution in [2.24, 2.45) is 5.73 Å². The fourth-order valence-corrected chi connectivity index (χ4v) is 2.81. The molecule has 0 spiro atoms. The van der Waals surface area contributed by atoms with Crippen molar-refractivity contribution < 1.29 is 4.74 Å². The van der Waals surface area contributed by atoms with Crippen LogP contribution in [0.1, 0.15) is 5.01 Å². The van der Waals surface area contributed by atoms with Gasteiger partial charge in [0.05, 0.1) is 30.0 Å². The van der Waals surface area contributed by atoms with Crippen molar-refractivity contribution in [3.05, 3.63) is 28.7 Å². The summed E-state index contributed by atoms with van der Waals surface area (Å²) in [6.45, 7) is 1.99. The monoisotopic (exact) mass is 235 g/mol. The molecule has 84 valence electrons. The van der Waals surface area contributed by atoms with Gasteiger partial charge in [-0.1, -0.05) is 0 Å². The van der Waals surface area contributed by atoms with E-state index in [4.69, 9.17) is 10.5 Å². The lowest BCUT2D eigenvalue weighted by atomic mass is 9.87. The lowest BCUT2D eigenvalue weighted by Gasteiger charge is -2.38. The van der Waals surface area contributed by atoms with Crippen LogP contribution in [0.3, 0.4) is 0 Å². The molecule has 0 aliphatic carbocycles. The summed E-state index contributed by atoms with van der Waals surface area (Å²) in [5, 5.41) is 3.16. The van der Waals surface area contributed by atoms with Crippen molar-refractivity contribution in [3.8, 4) is 11.4 Å². The van der Waals surface area contributed by atoms with E-state index in [-0.39, 0.29) is 5.41 Å². The quantitative estimate of drug-likeness (QED) is 0.844. The smallest absolute Gasteiger partial charge is 0.105 e. The van der Waals surface area contributed by atoms with Gasteiger partial charge in [0.25, 0.3) is 0 Å². The minimum atomic E-state index is -0.0322. The van der Waals surface area contributed by atoms with Gasteiger partial charge in [0.2, 0.25) is 0 Å². The van der Waals surface area contributed by atoms with Gasteiger partial charge < -0.3 is 15.5 Å². The molecule has 4 nitrogen and oxygen atoms in total. The maximum Gasteiger partial charge on any atom is 0.105 e. The van der Waals surface area contributed by atoms with Crippen LogP contribution in [0.25, 0.3) is 11.4 Å². The highest BCUT2D eigenvalue weighted by Gasteiger charge is 2.41. The third-order valence-corrected chi connectivity index (χ3v) is 4.07. The lowest BCUT2D eigenvalue weighted by molar-refractivity contribution is -0.0550. The Hall–Kier alpha value is -1.17. The predicted octanol–water partition coefficient (Wildman–Crippen LogP) is 1.36. The van der Waals surface area contributed by atoms with Gasteiger partial charge in [-0.3, -0.25) is 0 Å². The molecule has 1 aliphatic rings. The summed E-state index contributed by atoms with van der Waals surface area (Å²) in [5.74, 6) is 0. The molecule has 3 N–H and O–H groups in total. The standard InChI is InChI=1S/C11H13N3OS/c12-5-11(6-15-7-11)10-14-9(4-16-10)8-2-1-3-13-8/h1-4,13H,5-7,12H2. The molecule has 16 heavy (non-hydrogen) atoms. The van der Waals surface area contributed by atoms with Gasteiger partial charge >= 0.3 is 0 Å². The second-order valence-corrected chi connectivity index (χ2v) is 4.96. The molecular weight excluding hydrogens is 222 g/mol. The number of nitrogens with one attached hydrogen (secondary N) is 1. The molecule has 3 rings (SSSR count). The average Bonchev–Trinajstić information content (AvgIpc) is 2.86. The second-order valence-electron chi connectivity index (χ2n) is 4.10. The topological polar surface area (TPSA) is 63.9 Å². The Morgan fingerprint density at radius 1 is 1.56 bits per heavy atom. The van der Waals surface area contributed by atoms with Gasteiger partial charge in [-0.2, -0.15) is 0 Å². The van der Waals surface area contributed by atoms with Crippen LogP contribution in [0, 0.1) is 0 Å². The van der Waals surface area contributed by atoms with Crippen molar-refractivity contribution in [3.63, 3.8) is 0 Å². The largest absolute Gasteiger partial charge is 0.379 e. The molecule has 0 radical (unpaired) electrons. The molecule has 0 amide bonds. The number of nitrogens with two attached hydrogens (primary N) is 1. The highest BCUT2D eigenvalue weighted by Crippen LogP contribution is 2.35. The molecule has 2 aromatic rings. The van der Waals surface area contributed by atoms with Crippen LogP contribution in [-0.2, 0) is 10.2 Å². The summed E-state index contributed by atoms with van der Waals surface area (Å²) in [5.41, 5.74) is 7.82. The zero-order valence-electron chi connectivity index (χ0n) is 8.77. The zero-order chi connectivity index (χ0) is 11.0. The average molecular weight is 235 g/mol. The highest BCUT2D eigenvalue weighted by atomic mass is 32.1. The molecule has 0 saturated carbocycles. The molecular formula is C11H13N3OS. The SMILES string of the molecule is NCC1(c2nc(-c3ccc[nH]3)cs2)COC1. The first-order valence-corrected chi connectivity index (χ1v) is 6.10. The number of ether oxygens (including phenoxy) is 1. The van der Waals surface area contributed by atoms with Crippen molar-refractivity contribution >= 4 is 11.3 Å². The molecule has 0 unspecified atom stereocenters. The van der Waals surface area contributed by atoms with E-state index in [0.29, 0.717) is 19.8 Å². The van der Waals surface area contributed by atoms with E-state index < -0.39 is 0 Å². The van der Waals surface area contributed by atoms with Gasteiger partial charge in [-0.25, -0.2) is 4.98 Å². The molecule has 2 aromatic heterocycles. The number of rotatable bonds is 3. The number of hydrogen-bond acceptors (Lipinski definition) is 4. The second kappa shape index (κ2) is 3.69. The fourth-order valence-electron chi connectivity index (χ4n) is 1.81. The first kappa shape index (κ1) is 10.0. The van der Waals surface area contributed by atoms with Crippen LogP contribution in [0.4, 0.5) is 0 Å². The third kappa shape index (κ3) is 1.40. The molecule has 5 heteroatoms. The van der Waals surface area contributed by atoms with Gasteiger partial charge in [0, 0.05) is 18.1 Å². The minimum absolute atomic E-state index is 0.0322. The fraction of sp³-hybridized carbons (Fsp3) is 0.364. The third-order valence-electron chi connectivity index (χ3n) is 2.98. The minimum Gasteiger partial charge on any atom is -0.379 e. The van der Waals surface area contributed by atoms with Crippen molar-refractivity contribution in [1.29, 1.82) is 0 Å². The van der Waals surface area contributed by atoms with E-state index in [2.05, 4.69) is 15.3 Å². The highest BCUT2D eigenvalue weighted by molar-refractivity contribution is 7.10. The Morgan fingerprint density at radius 3 is 3.00 bits per heavy atom. The van der Waals surface area contributed by atoms with E-state index in [1.54, 1.807) is 11.3 Å². The van der Waals surface area contributed by atoms with E-state index in [0.717, 1.165) is 16.4 Å². The Balaban J connectivity index is 1.93. The predicted molar refractivity (Wildman–Crippen MR) is 63.5 cm³/mol. The Morgan fingerprint density at radius 2 is 2.44 bits per heavy atom. The van der Waals surface area contributed by atoms with Crippen molar-refractivity contribution in [1.82, 2.24) is 9.97 Å². The number of nitrogens with zero attached hydrogens (tertiary/aromatic N) is 1. The van der Waals surface area contributed by atoms with E-state index >= 15 is 0 Å². The Kier molecular flexibility index (Phi) is 2.31. The number of hydrogen-bond donors (Lipinski definition) is 2. The van der Waals surface area contributed by atoms with Crippen LogP contribution in [-0.4, -0.2) is 29.7 Å². The summed E-state index contributed by atoms with van der Waals surface area (Å²) in [7, 11) is 0. The normalized spacial score (nSPS) is 18.3. The maximum atomic E-state index is 5.81. The van der Waals surface area contributed by atoms with Crippen LogP contribution in [0.2, 0.25) is 0 Å². The van der Waals surface area contributed by atoms with Gasteiger partial charge in [0.15, 0.2) is 0 Å². The molecule has 1 aliphatic heterocycles. The molecule has 1 saturated heterocycles. The Bertz CT molecular complexity index is 468. The molecule has 0 aromatic carbocycles.